The molecule has 0 saturated heterocycles. The number of carboxylic acid groups (broad SMARTS) is 1. The number of aliphatic hydroxyl groups excluding tert-OH is 1. The van der Waals surface area contributed by atoms with Crippen LogP contribution in [0.5, 0.6) is 0 Å². The van der Waals surface area contributed by atoms with Crippen molar-refractivity contribution in [3.8, 4) is 0 Å². The number of carbonyl (C=O) groups is 1. The highest BCUT2D eigenvalue weighted by Crippen LogP contribution is 2.24. The largest absolute Gasteiger partial charge is 0.481 e. The highest BCUT2D eigenvalue weighted by atomic mass is 79.9. The molecule has 84 valence electrons. The average Bonchev–Trinajstić information content (AvgIpc) is 2.58. The molecule has 0 bridgehead atoms. The summed E-state index contributed by atoms with van der Waals surface area (Å²) < 4.78 is 0.995. The molecule has 1 heterocycles. The van der Waals surface area contributed by atoms with E-state index in [4.69, 9.17) is 5.11 Å². The Morgan fingerprint density at radius 1 is 1.67 bits per heavy atom. The van der Waals surface area contributed by atoms with Gasteiger partial charge in [-0.2, -0.15) is 0 Å². The van der Waals surface area contributed by atoms with E-state index in [-0.39, 0.29) is 12.8 Å². The quantitative estimate of drug-likeness (QED) is 0.752. The topological polar surface area (TPSA) is 69.6 Å². The smallest absolute Gasteiger partial charge is 0.303 e. The lowest BCUT2D eigenvalue weighted by molar-refractivity contribution is -0.137. The minimum absolute atomic E-state index is 0.00299. The highest BCUT2D eigenvalue weighted by molar-refractivity contribution is 9.10. The van der Waals surface area contributed by atoms with Gasteiger partial charge in [-0.05, 0) is 28.4 Å². The summed E-state index contributed by atoms with van der Waals surface area (Å²) in [4.78, 5) is 10.2. The average molecular weight is 294 g/mol. The number of hydrogen-bond donors (Lipinski definition) is 3. The van der Waals surface area contributed by atoms with Gasteiger partial charge >= 0.3 is 5.97 Å². The van der Waals surface area contributed by atoms with Crippen molar-refractivity contribution in [3.63, 3.8) is 0 Å². The summed E-state index contributed by atoms with van der Waals surface area (Å²) >= 11 is 4.85. The molecule has 3 N–H and O–H groups in total. The van der Waals surface area contributed by atoms with E-state index in [0.29, 0.717) is 6.54 Å². The third kappa shape index (κ3) is 5.15. The van der Waals surface area contributed by atoms with Crippen molar-refractivity contribution >= 4 is 38.2 Å². The Balaban J connectivity index is 2.22. The maximum atomic E-state index is 10.2. The summed E-state index contributed by atoms with van der Waals surface area (Å²) in [5.74, 6) is -0.882. The highest BCUT2D eigenvalue weighted by Gasteiger charge is 2.07. The van der Waals surface area contributed by atoms with E-state index >= 15 is 0 Å². The fourth-order valence-electron chi connectivity index (χ4n) is 1.02. The molecule has 0 radical (unpaired) electrons. The maximum Gasteiger partial charge on any atom is 0.303 e. The van der Waals surface area contributed by atoms with Gasteiger partial charge in [-0.1, -0.05) is 0 Å². The number of halogens is 1. The second kappa shape index (κ2) is 6.09. The molecule has 1 rings (SSSR count). The number of thiophene rings is 1. The molecule has 1 aromatic rings. The lowest BCUT2D eigenvalue weighted by Gasteiger charge is -2.09. The van der Waals surface area contributed by atoms with Crippen LogP contribution in [0.3, 0.4) is 0 Å². The molecule has 0 fully saturated rings. The number of anilines is 1. The van der Waals surface area contributed by atoms with Crippen molar-refractivity contribution in [1.82, 2.24) is 0 Å². The summed E-state index contributed by atoms with van der Waals surface area (Å²) in [6.45, 7) is 0.375. The molecule has 0 aliphatic carbocycles. The number of nitrogens with one attached hydrogen (secondary N) is 1. The zero-order valence-electron chi connectivity index (χ0n) is 7.94. The number of aliphatic carboxylic acids is 1. The van der Waals surface area contributed by atoms with Gasteiger partial charge in [-0.3, -0.25) is 4.79 Å². The molecular formula is C9H12BrNO3S. The van der Waals surface area contributed by atoms with E-state index in [1.807, 2.05) is 11.4 Å². The summed E-state index contributed by atoms with van der Waals surface area (Å²) in [6, 6.07) is 1.91. The first-order chi connectivity index (χ1) is 7.08. The Morgan fingerprint density at radius 3 is 2.93 bits per heavy atom. The van der Waals surface area contributed by atoms with Crippen molar-refractivity contribution in [2.45, 2.75) is 18.9 Å². The number of rotatable bonds is 6. The van der Waals surface area contributed by atoms with Gasteiger partial charge in [0.2, 0.25) is 0 Å². The first-order valence-electron chi connectivity index (χ1n) is 4.45. The molecule has 0 aliphatic heterocycles. The predicted molar refractivity (Wildman–Crippen MR) is 63.4 cm³/mol. The Bertz CT molecular complexity index is 329. The van der Waals surface area contributed by atoms with E-state index in [1.165, 1.54) is 11.3 Å². The number of aliphatic hydroxyl groups is 1. The minimum Gasteiger partial charge on any atom is -0.481 e. The maximum absolute atomic E-state index is 10.2. The van der Waals surface area contributed by atoms with Crippen LogP contribution in [0, 0.1) is 0 Å². The third-order valence-electron chi connectivity index (χ3n) is 1.77. The zero-order valence-corrected chi connectivity index (χ0v) is 10.3. The molecule has 15 heavy (non-hydrogen) atoms. The van der Waals surface area contributed by atoms with Crippen LogP contribution in [0.4, 0.5) is 5.00 Å². The third-order valence-corrected chi connectivity index (χ3v) is 3.42. The molecule has 1 unspecified atom stereocenters. The Labute approximate surface area is 100 Å². The Morgan fingerprint density at radius 2 is 2.40 bits per heavy atom. The van der Waals surface area contributed by atoms with Gasteiger partial charge in [0.05, 0.1) is 11.1 Å². The van der Waals surface area contributed by atoms with Crippen molar-refractivity contribution in [1.29, 1.82) is 0 Å². The summed E-state index contributed by atoms with van der Waals surface area (Å²) in [6.07, 6.45) is -0.353. The summed E-state index contributed by atoms with van der Waals surface area (Å²) in [5.41, 5.74) is 0. The van der Waals surface area contributed by atoms with Crippen LogP contribution in [-0.2, 0) is 4.79 Å². The lowest BCUT2D eigenvalue weighted by Crippen LogP contribution is -2.19. The summed E-state index contributed by atoms with van der Waals surface area (Å²) in [5, 5.41) is 23.8. The molecule has 0 spiro atoms. The molecule has 0 amide bonds. The van der Waals surface area contributed by atoms with Gasteiger partial charge in [0.1, 0.15) is 0 Å². The van der Waals surface area contributed by atoms with Crippen molar-refractivity contribution in [2.24, 2.45) is 0 Å². The molecule has 0 saturated carbocycles. The van der Waals surface area contributed by atoms with Crippen LogP contribution in [-0.4, -0.2) is 28.8 Å². The van der Waals surface area contributed by atoms with Crippen LogP contribution in [0.25, 0.3) is 0 Å². The lowest BCUT2D eigenvalue weighted by atomic mass is 10.2. The molecular weight excluding hydrogens is 282 g/mol. The second-order valence-corrected chi connectivity index (χ2v) is 4.92. The van der Waals surface area contributed by atoms with Crippen LogP contribution in [0.15, 0.2) is 15.9 Å². The standard InChI is InChI=1S/C9H12BrNO3S/c10-6-3-8(15-5-6)11-4-7(12)1-2-9(13)14/h3,5,7,11-12H,1-2,4H2,(H,13,14). The van der Waals surface area contributed by atoms with Gasteiger partial charge < -0.3 is 15.5 Å². The fraction of sp³-hybridized carbons (Fsp3) is 0.444. The monoisotopic (exact) mass is 293 g/mol. The van der Waals surface area contributed by atoms with E-state index in [1.54, 1.807) is 0 Å². The molecule has 4 nitrogen and oxygen atoms in total. The first kappa shape index (κ1) is 12.5. The van der Waals surface area contributed by atoms with Gasteiger partial charge in [0, 0.05) is 22.8 Å². The molecule has 0 aromatic carbocycles. The van der Waals surface area contributed by atoms with Crippen LogP contribution in [0.1, 0.15) is 12.8 Å². The van der Waals surface area contributed by atoms with E-state index in [0.717, 1.165) is 9.47 Å². The number of carboxylic acids is 1. The van der Waals surface area contributed by atoms with Gasteiger partial charge in [-0.15, -0.1) is 11.3 Å². The molecule has 1 atom stereocenters. The number of hydrogen-bond acceptors (Lipinski definition) is 4. The normalized spacial score (nSPS) is 12.4. The van der Waals surface area contributed by atoms with Crippen LogP contribution in [0.2, 0.25) is 0 Å². The van der Waals surface area contributed by atoms with Crippen molar-refractivity contribution in [3.05, 3.63) is 15.9 Å². The zero-order chi connectivity index (χ0) is 11.3. The summed E-state index contributed by atoms with van der Waals surface area (Å²) in [7, 11) is 0. The van der Waals surface area contributed by atoms with E-state index < -0.39 is 12.1 Å². The first-order valence-corrected chi connectivity index (χ1v) is 6.13. The van der Waals surface area contributed by atoms with Gasteiger partial charge in [0.25, 0.3) is 0 Å². The minimum atomic E-state index is -0.882. The Hall–Kier alpha value is -0.590. The Kier molecular flexibility index (Phi) is 5.07. The second-order valence-electron chi connectivity index (χ2n) is 3.10. The van der Waals surface area contributed by atoms with E-state index in [2.05, 4.69) is 21.2 Å². The van der Waals surface area contributed by atoms with E-state index in [9.17, 15) is 9.90 Å². The molecule has 1 aromatic heterocycles. The molecule has 6 heteroatoms. The molecule has 0 aliphatic rings. The fourth-order valence-corrected chi connectivity index (χ4v) is 2.35. The van der Waals surface area contributed by atoms with Crippen molar-refractivity contribution in [2.75, 3.05) is 11.9 Å². The van der Waals surface area contributed by atoms with Gasteiger partial charge in [0.15, 0.2) is 0 Å². The van der Waals surface area contributed by atoms with Crippen molar-refractivity contribution < 1.29 is 15.0 Å². The van der Waals surface area contributed by atoms with Crippen LogP contribution >= 0.6 is 27.3 Å². The SMILES string of the molecule is O=C(O)CCC(O)CNc1cc(Br)cs1. The predicted octanol–water partition coefficient (Wildman–Crippen LogP) is 2.15. The van der Waals surface area contributed by atoms with Gasteiger partial charge in [-0.25, -0.2) is 0 Å². The van der Waals surface area contributed by atoms with Crippen LogP contribution < -0.4 is 5.32 Å².